The lowest BCUT2D eigenvalue weighted by Crippen LogP contribution is -2.05. The molecule has 0 atom stereocenters. The van der Waals surface area contributed by atoms with E-state index in [1.165, 1.54) is 18.3 Å². The number of benzene rings is 2. The molecule has 0 heterocycles. The first-order valence-corrected chi connectivity index (χ1v) is 7.26. The number of hydrogen-bond acceptors (Lipinski definition) is 2. The molecular weight excluding hydrogens is 393 g/mol. The lowest BCUT2D eigenvalue weighted by Gasteiger charge is -2.11. The van der Waals surface area contributed by atoms with Crippen LogP contribution in [0.4, 0.5) is 32.0 Å². The molecule has 2 aromatic rings. The number of anilines is 1. The van der Waals surface area contributed by atoms with Crippen molar-refractivity contribution in [1.82, 2.24) is 0 Å². The second kappa shape index (κ2) is 7.13. The predicted octanol–water partition coefficient (Wildman–Crippen LogP) is 6.48. The van der Waals surface area contributed by atoms with E-state index in [1.54, 1.807) is 0 Å². The zero-order valence-corrected chi connectivity index (χ0v) is 13.5. The zero-order valence-electron chi connectivity index (χ0n) is 12.0. The summed E-state index contributed by atoms with van der Waals surface area (Å²) in [6.07, 6.45) is -7.88. The molecule has 10 heteroatoms. The van der Waals surface area contributed by atoms with Crippen LogP contribution in [0.15, 0.2) is 41.5 Å². The minimum Gasteiger partial charge on any atom is -0.275 e. The molecule has 0 unspecified atom stereocenters. The van der Waals surface area contributed by atoms with E-state index in [2.05, 4.69) is 10.5 Å². The Kier molecular flexibility index (Phi) is 5.53. The van der Waals surface area contributed by atoms with Crippen molar-refractivity contribution in [3.63, 3.8) is 0 Å². The van der Waals surface area contributed by atoms with Gasteiger partial charge in [-0.3, -0.25) is 5.43 Å². The maximum absolute atomic E-state index is 12.6. The molecule has 0 aliphatic heterocycles. The number of rotatable bonds is 3. The van der Waals surface area contributed by atoms with E-state index in [-0.39, 0.29) is 15.7 Å². The zero-order chi connectivity index (χ0) is 18.8. The van der Waals surface area contributed by atoms with Gasteiger partial charge in [0.05, 0.1) is 33.1 Å². The molecule has 0 saturated heterocycles. The number of nitrogens with zero attached hydrogens (tertiary/aromatic N) is 1. The fraction of sp³-hybridized carbons (Fsp3) is 0.133. The van der Waals surface area contributed by atoms with E-state index < -0.39 is 23.5 Å². The van der Waals surface area contributed by atoms with E-state index in [4.69, 9.17) is 23.2 Å². The lowest BCUT2D eigenvalue weighted by molar-refractivity contribution is -0.138. The summed E-state index contributed by atoms with van der Waals surface area (Å²) in [5, 5.41) is 3.11. The normalized spacial score (nSPS) is 12.6. The van der Waals surface area contributed by atoms with Crippen LogP contribution < -0.4 is 5.43 Å². The number of alkyl halides is 6. The fourth-order valence-corrected chi connectivity index (χ4v) is 2.34. The highest BCUT2D eigenvalue weighted by molar-refractivity contribution is 6.39. The van der Waals surface area contributed by atoms with Crippen LogP contribution in [0.1, 0.15) is 16.7 Å². The van der Waals surface area contributed by atoms with Gasteiger partial charge < -0.3 is 0 Å². The van der Waals surface area contributed by atoms with Crippen LogP contribution in [-0.4, -0.2) is 6.21 Å². The molecule has 2 nitrogen and oxygen atoms in total. The first kappa shape index (κ1) is 19.4. The Morgan fingerprint density at radius 2 is 1.28 bits per heavy atom. The van der Waals surface area contributed by atoms with Crippen molar-refractivity contribution >= 4 is 35.1 Å². The van der Waals surface area contributed by atoms with Gasteiger partial charge in [0.2, 0.25) is 0 Å². The van der Waals surface area contributed by atoms with E-state index >= 15 is 0 Å². The fourth-order valence-electron chi connectivity index (χ4n) is 1.77. The molecule has 0 aliphatic carbocycles. The van der Waals surface area contributed by atoms with Crippen LogP contribution in [0.3, 0.4) is 0 Å². The van der Waals surface area contributed by atoms with Crippen molar-refractivity contribution in [1.29, 1.82) is 0 Å². The Bertz CT molecular complexity index is 759. The number of hydrazone groups is 1. The minimum atomic E-state index is -4.60. The molecule has 0 saturated carbocycles. The molecular formula is C15H8Cl2F6N2. The average molecular weight is 401 g/mol. The van der Waals surface area contributed by atoms with Gasteiger partial charge in [-0.05, 0) is 29.8 Å². The third kappa shape index (κ3) is 5.02. The first-order valence-electron chi connectivity index (χ1n) is 6.51. The van der Waals surface area contributed by atoms with Gasteiger partial charge in [-0.15, -0.1) is 0 Å². The molecule has 25 heavy (non-hydrogen) atoms. The van der Waals surface area contributed by atoms with Gasteiger partial charge in [0.1, 0.15) is 0 Å². The van der Waals surface area contributed by atoms with Crippen LogP contribution in [0.25, 0.3) is 0 Å². The van der Waals surface area contributed by atoms with Gasteiger partial charge in [0.15, 0.2) is 0 Å². The van der Waals surface area contributed by atoms with Gasteiger partial charge >= 0.3 is 12.4 Å². The summed E-state index contributed by atoms with van der Waals surface area (Å²) in [6, 6.07) is 5.49. The van der Waals surface area contributed by atoms with Crippen LogP contribution >= 0.6 is 23.2 Å². The van der Waals surface area contributed by atoms with Gasteiger partial charge in [-0.2, -0.15) is 31.4 Å². The highest BCUT2D eigenvalue weighted by Gasteiger charge is 2.32. The van der Waals surface area contributed by atoms with Crippen molar-refractivity contribution in [3.05, 3.63) is 63.1 Å². The summed E-state index contributed by atoms with van der Waals surface area (Å²) < 4.78 is 75.2. The van der Waals surface area contributed by atoms with E-state index in [0.717, 1.165) is 12.1 Å². The first-order chi connectivity index (χ1) is 11.5. The van der Waals surface area contributed by atoms with Gasteiger partial charge in [0, 0.05) is 0 Å². The van der Waals surface area contributed by atoms with Crippen LogP contribution in [0, 0.1) is 0 Å². The van der Waals surface area contributed by atoms with Crippen molar-refractivity contribution in [3.8, 4) is 0 Å². The SMILES string of the molecule is FC(F)(F)c1ccc(/C=N/Nc2c(Cl)cc(C(F)(F)F)cc2Cl)cc1. The molecule has 0 spiro atoms. The Hall–Kier alpha value is -1.93. The van der Waals surface area contributed by atoms with E-state index in [1.807, 2.05) is 0 Å². The maximum atomic E-state index is 12.6. The molecule has 0 bridgehead atoms. The second-order valence-electron chi connectivity index (χ2n) is 4.80. The third-order valence-corrected chi connectivity index (χ3v) is 3.59. The Morgan fingerprint density at radius 3 is 1.72 bits per heavy atom. The summed E-state index contributed by atoms with van der Waals surface area (Å²) >= 11 is 11.5. The molecule has 0 radical (unpaired) electrons. The smallest absolute Gasteiger partial charge is 0.275 e. The molecule has 2 aromatic carbocycles. The average Bonchev–Trinajstić information content (AvgIpc) is 2.48. The Morgan fingerprint density at radius 1 is 0.800 bits per heavy atom. The quantitative estimate of drug-likeness (QED) is 0.356. The van der Waals surface area contributed by atoms with Crippen molar-refractivity contribution in [2.75, 3.05) is 5.43 Å². The molecule has 1 N–H and O–H groups in total. The number of nitrogens with one attached hydrogen (secondary N) is 1. The van der Waals surface area contributed by atoms with Crippen molar-refractivity contribution in [2.24, 2.45) is 5.10 Å². The molecule has 0 amide bonds. The van der Waals surface area contributed by atoms with Crippen LogP contribution in [0.2, 0.25) is 10.0 Å². The topological polar surface area (TPSA) is 24.4 Å². The van der Waals surface area contributed by atoms with Crippen LogP contribution in [0.5, 0.6) is 0 Å². The second-order valence-corrected chi connectivity index (χ2v) is 5.62. The molecule has 0 fully saturated rings. The molecule has 134 valence electrons. The monoisotopic (exact) mass is 400 g/mol. The summed E-state index contributed by atoms with van der Waals surface area (Å²) in [4.78, 5) is 0. The van der Waals surface area contributed by atoms with Gasteiger partial charge in [0.25, 0.3) is 0 Å². The Balaban J connectivity index is 2.15. The molecule has 2 rings (SSSR count). The maximum Gasteiger partial charge on any atom is 0.416 e. The highest BCUT2D eigenvalue weighted by atomic mass is 35.5. The standard InChI is InChI=1S/C15H8Cl2F6N2/c16-11-5-10(15(21,22)23)6-12(17)13(11)25-24-7-8-1-3-9(4-2-8)14(18,19)20/h1-7,25H/b24-7+. The molecule has 0 aromatic heterocycles. The van der Waals surface area contributed by atoms with Gasteiger partial charge in [-0.25, -0.2) is 0 Å². The minimum absolute atomic E-state index is 0.0560. The Labute approximate surface area is 148 Å². The van der Waals surface area contributed by atoms with Crippen LogP contribution in [-0.2, 0) is 12.4 Å². The highest BCUT2D eigenvalue weighted by Crippen LogP contribution is 2.38. The van der Waals surface area contributed by atoms with Crippen molar-refractivity contribution in [2.45, 2.75) is 12.4 Å². The van der Waals surface area contributed by atoms with E-state index in [9.17, 15) is 26.3 Å². The number of hydrogen-bond donors (Lipinski definition) is 1. The lowest BCUT2D eigenvalue weighted by atomic mass is 10.1. The number of halogens is 8. The van der Waals surface area contributed by atoms with E-state index in [0.29, 0.717) is 17.7 Å². The predicted molar refractivity (Wildman–Crippen MR) is 84.1 cm³/mol. The largest absolute Gasteiger partial charge is 0.416 e. The summed E-state index contributed by atoms with van der Waals surface area (Å²) in [6.45, 7) is 0. The van der Waals surface area contributed by atoms with Gasteiger partial charge in [-0.1, -0.05) is 35.3 Å². The summed E-state index contributed by atoms with van der Waals surface area (Å²) in [5.74, 6) is 0. The van der Waals surface area contributed by atoms with Crippen molar-refractivity contribution < 1.29 is 26.3 Å². The summed E-state index contributed by atoms with van der Waals surface area (Å²) in [7, 11) is 0. The molecule has 0 aliphatic rings. The third-order valence-electron chi connectivity index (χ3n) is 3.00. The summed E-state index contributed by atoms with van der Waals surface area (Å²) in [5.41, 5.74) is 0.819.